The first kappa shape index (κ1) is 12.9. The van der Waals surface area contributed by atoms with Crippen LogP contribution in [0.15, 0.2) is 24.4 Å². The van der Waals surface area contributed by atoms with E-state index in [-0.39, 0.29) is 5.95 Å². The van der Waals surface area contributed by atoms with Crippen molar-refractivity contribution in [1.82, 2.24) is 9.97 Å². The largest absolute Gasteiger partial charge is 0.339 e. The summed E-state index contributed by atoms with van der Waals surface area (Å²) in [6, 6.07) is 5.54. The Morgan fingerprint density at radius 2 is 2.00 bits per heavy atom. The Hall–Kier alpha value is -1.56. The van der Waals surface area contributed by atoms with Crippen LogP contribution in [-0.2, 0) is 0 Å². The molecule has 0 atom stereocenters. The number of aromatic nitrogens is 2. The second-order valence-electron chi connectivity index (χ2n) is 3.57. The maximum atomic E-state index is 6.04. The topological polar surface area (TPSA) is 75.9 Å². The molecule has 18 heavy (non-hydrogen) atoms. The highest BCUT2D eigenvalue weighted by Crippen LogP contribution is 2.28. The summed E-state index contributed by atoms with van der Waals surface area (Å²) in [6.45, 7) is 1.90. The van der Waals surface area contributed by atoms with Crippen LogP contribution in [-0.4, -0.2) is 9.97 Å². The van der Waals surface area contributed by atoms with Crippen molar-refractivity contribution < 1.29 is 0 Å². The van der Waals surface area contributed by atoms with Gasteiger partial charge in [0, 0.05) is 10.7 Å². The first-order valence-corrected chi connectivity index (χ1v) is 5.88. The van der Waals surface area contributed by atoms with E-state index in [9.17, 15) is 0 Å². The van der Waals surface area contributed by atoms with E-state index in [1.807, 2.05) is 25.1 Å². The Morgan fingerprint density at radius 1 is 1.22 bits per heavy atom. The van der Waals surface area contributed by atoms with Gasteiger partial charge in [0.1, 0.15) is 5.02 Å². The van der Waals surface area contributed by atoms with Gasteiger partial charge in [0.2, 0.25) is 5.95 Å². The normalized spacial score (nSPS) is 10.2. The van der Waals surface area contributed by atoms with Crippen LogP contribution in [0.3, 0.4) is 0 Å². The molecule has 0 aliphatic heterocycles. The lowest BCUT2D eigenvalue weighted by atomic mass is 10.2. The Bertz CT molecular complexity index is 573. The zero-order valence-corrected chi connectivity index (χ0v) is 11.0. The Balaban J connectivity index is 2.36. The number of nitrogens with two attached hydrogens (primary N) is 1. The molecule has 2 aromatic rings. The fourth-order valence-corrected chi connectivity index (χ4v) is 1.71. The second-order valence-corrected chi connectivity index (χ2v) is 4.39. The van der Waals surface area contributed by atoms with Crippen molar-refractivity contribution >= 4 is 40.7 Å². The van der Waals surface area contributed by atoms with Crippen molar-refractivity contribution in [1.29, 1.82) is 0 Å². The van der Waals surface area contributed by atoms with E-state index in [1.165, 1.54) is 6.20 Å². The number of benzene rings is 1. The predicted molar refractivity (Wildman–Crippen MR) is 74.3 cm³/mol. The third-order valence-corrected chi connectivity index (χ3v) is 3.08. The number of nitrogen functional groups attached to an aromatic ring is 1. The van der Waals surface area contributed by atoms with Gasteiger partial charge in [-0.15, -0.1) is 0 Å². The molecule has 0 aliphatic rings. The Labute approximate surface area is 114 Å². The molecule has 1 heterocycles. The van der Waals surface area contributed by atoms with Gasteiger partial charge >= 0.3 is 0 Å². The van der Waals surface area contributed by atoms with Gasteiger partial charge in [-0.25, -0.2) is 10.8 Å². The van der Waals surface area contributed by atoms with Gasteiger partial charge in [-0.05, 0) is 24.6 Å². The summed E-state index contributed by atoms with van der Waals surface area (Å²) in [5, 5.41) is 4.16. The van der Waals surface area contributed by atoms with Crippen LogP contribution >= 0.6 is 23.2 Å². The average Bonchev–Trinajstić information content (AvgIpc) is 2.37. The van der Waals surface area contributed by atoms with E-state index < -0.39 is 0 Å². The molecule has 0 fully saturated rings. The number of hydrogen-bond acceptors (Lipinski definition) is 5. The number of nitrogens with zero attached hydrogens (tertiary/aromatic N) is 2. The highest BCUT2D eigenvalue weighted by atomic mass is 35.5. The Kier molecular flexibility index (Phi) is 3.86. The lowest BCUT2D eigenvalue weighted by Crippen LogP contribution is -2.11. The lowest BCUT2D eigenvalue weighted by Gasteiger charge is -2.11. The molecule has 0 saturated carbocycles. The maximum Gasteiger partial charge on any atom is 0.239 e. The number of nitrogens with one attached hydrogen (secondary N) is 2. The standard InChI is InChI=1S/C11H11Cl2N5/c1-6-7(12)3-2-4-9(6)16-10-8(13)5-15-11(17-10)18-14/h2-5H,14H2,1H3,(H2,15,16,17,18). The molecule has 7 heteroatoms. The predicted octanol–water partition coefficient (Wildman–Crippen LogP) is 3.12. The van der Waals surface area contributed by atoms with Crippen LogP contribution in [0.5, 0.6) is 0 Å². The SMILES string of the molecule is Cc1c(Cl)cccc1Nc1nc(NN)ncc1Cl. The van der Waals surface area contributed by atoms with Crippen LogP contribution in [0.1, 0.15) is 5.56 Å². The highest BCUT2D eigenvalue weighted by molar-refractivity contribution is 6.33. The van der Waals surface area contributed by atoms with Crippen molar-refractivity contribution in [3.63, 3.8) is 0 Å². The van der Waals surface area contributed by atoms with Crippen molar-refractivity contribution in [2.24, 2.45) is 5.84 Å². The number of rotatable bonds is 3. The first-order chi connectivity index (χ1) is 8.61. The zero-order chi connectivity index (χ0) is 13.1. The molecule has 0 spiro atoms. The molecule has 0 saturated heterocycles. The van der Waals surface area contributed by atoms with Gasteiger partial charge in [-0.3, -0.25) is 5.43 Å². The van der Waals surface area contributed by atoms with Gasteiger partial charge in [-0.2, -0.15) is 4.98 Å². The van der Waals surface area contributed by atoms with E-state index in [4.69, 9.17) is 29.0 Å². The summed E-state index contributed by atoms with van der Waals surface area (Å²) in [5.41, 5.74) is 4.10. The fourth-order valence-electron chi connectivity index (χ4n) is 1.39. The van der Waals surface area contributed by atoms with Crippen molar-refractivity contribution in [3.05, 3.63) is 40.0 Å². The molecule has 94 valence electrons. The summed E-state index contributed by atoms with van der Waals surface area (Å²) in [4.78, 5) is 8.02. The molecule has 1 aromatic carbocycles. The fraction of sp³-hybridized carbons (Fsp3) is 0.0909. The number of hydrazine groups is 1. The van der Waals surface area contributed by atoms with Crippen molar-refractivity contribution in [2.45, 2.75) is 6.92 Å². The van der Waals surface area contributed by atoms with Crippen LogP contribution in [0, 0.1) is 6.92 Å². The van der Waals surface area contributed by atoms with Crippen LogP contribution in [0.25, 0.3) is 0 Å². The number of anilines is 3. The Morgan fingerprint density at radius 3 is 2.72 bits per heavy atom. The summed E-state index contributed by atoms with van der Waals surface area (Å²) < 4.78 is 0. The first-order valence-electron chi connectivity index (χ1n) is 5.13. The monoisotopic (exact) mass is 283 g/mol. The number of halogens is 2. The lowest BCUT2D eigenvalue weighted by molar-refractivity contribution is 1.12. The quantitative estimate of drug-likeness (QED) is 0.596. The minimum Gasteiger partial charge on any atom is -0.339 e. The molecular formula is C11H11Cl2N5. The molecule has 0 aliphatic carbocycles. The van der Waals surface area contributed by atoms with E-state index in [2.05, 4.69) is 20.7 Å². The van der Waals surface area contributed by atoms with E-state index in [0.717, 1.165) is 11.3 Å². The molecule has 0 bridgehead atoms. The third kappa shape index (κ3) is 2.64. The third-order valence-electron chi connectivity index (χ3n) is 2.39. The summed E-state index contributed by atoms with van der Waals surface area (Å²) in [5.74, 6) is 5.99. The smallest absolute Gasteiger partial charge is 0.239 e. The van der Waals surface area contributed by atoms with Crippen LogP contribution in [0.4, 0.5) is 17.5 Å². The van der Waals surface area contributed by atoms with Gasteiger partial charge in [0.15, 0.2) is 5.82 Å². The van der Waals surface area contributed by atoms with Crippen LogP contribution in [0.2, 0.25) is 10.0 Å². The van der Waals surface area contributed by atoms with E-state index in [1.54, 1.807) is 0 Å². The van der Waals surface area contributed by atoms with Gasteiger partial charge in [0.05, 0.1) is 6.20 Å². The average molecular weight is 284 g/mol. The van der Waals surface area contributed by atoms with Gasteiger partial charge in [-0.1, -0.05) is 29.3 Å². The maximum absolute atomic E-state index is 6.04. The summed E-state index contributed by atoms with van der Waals surface area (Å²) in [6.07, 6.45) is 1.46. The van der Waals surface area contributed by atoms with Crippen molar-refractivity contribution in [3.8, 4) is 0 Å². The van der Waals surface area contributed by atoms with E-state index >= 15 is 0 Å². The van der Waals surface area contributed by atoms with E-state index in [0.29, 0.717) is 15.9 Å². The number of hydrogen-bond donors (Lipinski definition) is 3. The van der Waals surface area contributed by atoms with Crippen LogP contribution < -0.4 is 16.6 Å². The molecule has 2 rings (SSSR count). The second kappa shape index (κ2) is 5.39. The zero-order valence-electron chi connectivity index (χ0n) is 9.54. The molecular weight excluding hydrogens is 273 g/mol. The van der Waals surface area contributed by atoms with Gasteiger partial charge in [0.25, 0.3) is 0 Å². The molecule has 1 aromatic heterocycles. The highest BCUT2D eigenvalue weighted by Gasteiger charge is 2.08. The van der Waals surface area contributed by atoms with Gasteiger partial charge < -0.3 is 5.32 Å². The minimum atomic E-state index is 0.279. The summed E-state index contributed by atoms with van der Waals surface area (Å²) >= 11 is 12.0. The molecule has 0 unspecified atom stereocenters. The molecule has 0 radical (unpaired) electrons. The minimum absolute atomic E-state index is 0.279. The molecule has 0 amide bonds. The molecule has 5 nitrogen and oxygen atoms in total. The molecule has 4 N–H and O–H groups in total. The van der Waals surface area contributed by atoms with Crippen molar-refractivity contribution in [2.75, 3.05) is 10.7 Å². The summed E-state index contributed by atoms with van der Waals surface area (Å²) in [7, 11) is 0.